The van der Waals surface area contributed by atoms with Crippen molar-refractivity contribution in [2.24, 2.45) is 11.7 Å². The number of nitrogens with two attached hydrogens (primary N) is 1. The molecule has 0 saturated carbocycles. The van der Waals surface area contributed by atoms with Gasteiger partial charge in [-0.2, -0.15) is 0 Å². The zero-order valence-corrected chi connectivity index (χ0v) is 10.8. The van der Waals surface area contributed by atoms with Gasteiger partial charge < -0.3 is 10.5 Å². The normalized spacial score (nSPS) is 13.7. The van der Waals surface area contributed by atoms with E-state index in [-0.39, 0.29) is 12.4 Å². The van der Waals surface area contributed by atoms with Crippen molar-refractivity contribution in [1.82, 2.24) is 0 Å². The quantitative estimate of drug-likeness (QED) is 0.772. The Kier molecular flexibility index (Phi) is 5.52. The highest BCUT2D eigenvalue weighted by Crippen LogP contribution is 2.14. The molecular weight excluding hydrogens is 230 g/mol. The molecule has 4 nitrogen and oxygen atoms in total. The van der Waals surface area contributed by atoms with Crippen LogP contribution in [0, 0.1) is 5.92 Å². The summed E-state index contributed by atoms with van der Waals surface area (Å²) in [5.74, 6) is -1.15. The Hall–Kier alpha value is -1.68. The van der Waals surface area contributed by atoms with Gasteiger partial charge in [0.2, 0.25) is 0 Å². The fourth-order valence-corrected chi connectivity index (χ4v) is 1.79. The molecule has 0 bridgehead atoms. The van der Waals surface area contributed by atoms with Gasteiger partial charge in [-0.3, -0.25) is 9.59 Å². The largest absolute Gasteiger partial charge is 0.465 e. The number of ketones is 1. The number of Topliss-reactive ketones (excluding diaryl/α,β-unsaturated/α-hetero) is 1. The molecule has 0 aromatic heterocycles. The Morgan fingerprint density at radius 1 is 1.28 bits per heavy atom. The fraction of sp³-hybridized carbons (Fsp3) is 0.429. The van der Waals surface area contributed by atoms with E-state index in [1.54, 1.807) is 6.92 Å². The molecule has 1 aromatic rings. The van der Waals surface area contributed by atoms with Gasteiger partial charge in [-0.15, -0.1) is 0 Å². The molecule has 1 aromatic carbocycles. The van der Waals surface area contributed by atoms with Gasteiger partial charge >= 0.3 is 5.97 Å². The van der Waals surface area contributed by atoms with Crippen molar-refractivity contribution >= 4 is 11.8 Å². The lowest BCUT2D eigenvalue weighted by molar-refractivity contribution is -0.147. The van der Waals surface area contributed by atoms with Crippen LogP contribution in [0.25, 0.3) is 0 Å². The number of carbonyl (C=O) groups excluding carboxylic acids is 2. The first kappa shape index (κ1) is 14.4. The summed E-state index contributed by atoms with van der Waals surface area (Å²) in [6.45, 7) is 3.43. The van der Waals surface area contributed by atoms with Crippen LogP contribution >= 0.6 is 0 Å². The first-order valence-electron chi connectivity index (χ1n) is 6.02. The number of hydrogen-bond donors (Lipinski definition) is 1. The molecule has 4 heteroatoms. The summed E-state index contributed by atoms with van der Waals surface area (Å²) in [7, 11) is 0. The first-order valence-corrected chi connectivity index (χ1v) is 6.02. The van der Waals surface area contributed by atoms with Gasteiger partial charge in [0.1, 0.15) is 11.8 Å². The molecule has 0 unspecified atom stereocenters. The molecule has 0 fully saturated rings. The predicted molar refractivity (Wildman–Crippen MR) is 68.9 cm³/mol. The Bertz CT molecular complexity index is 403. The standard InChI is InChI=1S/C14H19NO3/c1-3-18-14(17)13(15)12(10(2)16)9-11-7-5-4-6-8-11/h4-8,12-13H,3,9,15H2,1-2H3/t12-,13-/m0/s1. The highest BCUT2D eigenvalue weighted by Gasteiger charge is 2.29. The Morgan fingerprint density at radius 3 is 2.39 bits per heavy atom. The van der Waals surface area contributed by atoms with Gasteiger partial charge in [-0.05, 0) is 25.8 Å². The topological polar surface area (TPSA) is 69.4 Å². The van der Waals surface area contributed by atoms with Gasteiger partial charge in [-0.1, -0.05) is 30.3 Å². The lowest BCUT2D eigenvalue weighted by Gasteiger charge is -2.20. The van der Waals surface area contributed by atoms with Crippen molar-refractivity contribution < 1.29 is 14.3 Å². The lowest BCUT2D eigenvalue weighted by Crippen LogP contribution is -2.43. The molecule has 0 heterocycles. The second-order valence-electron chi connectivity index (χ2n) is 4.18. The predicted octanol–water partition coefficient (Wildman–Crippen LogP) is 1.32. The van der Waals surface area contributed by atoms with Crippen LogP contribution in [-0.2, 0) is 20.7 Å². The van der Waals surface area contributed by atoms with Crippen LogP contribution in [0.4, 0.5) is 0 Å². The molecule has 2 N–H and O–H groups in total. The van der Waals surface area contributed by atoms with E-state index in [4.69, 9.17) is 10.5 Å². The average molecular weight is 249 g/mol. The van der Waals surface area contributed by atoms with Crippen molar-refractivity contribution in [3.05, 3.63) is 35.9 Å². The number of benzene rings is 1. The first-order chi connectivity index (χ1) is 8.56. The molecular formula is C14H19NO3. The van der Waals surface area contributed by atoms with E-state index in [9.17, 15) is 9.59 Å². The third-order valence-electron chi connectivity index (χ3n) is 2.81. The van der Waals surface area contributed by atoms with Gasteiger partial charge in [0.05, 0.1) is 6.61 Å². The van der Waals surface area contributed by atoms with E-state index in [0.29, 0.717) is 6.42 Å². The van der Waals surface area contributed by atoms with Gasteiger partial charge in [0.25, 0.3) is 0 Å². The number of esters is 1. The van der Waals surface area contributed by atoms with E-state index in [1.807, 2.05) is 30.3 Å². The maximum Gasteiger partial charge on any atom is 0.323 e. The SMILES string of the molecule is CCOC(=O)[C@@H](N)[C@@H](Cc1ccccc1)C(C)=O. The maximum atomic E-state index is 11.6. The van der Waals surface area contributed by atoms with E-state index < -0.39 is 17.9 Å². The van der Waals surface area contributed by atoms with Crippen molar-refractivity contribution in [2.45, 2.75) is 26.3 Å². The van der Waals surface area contributed by atoms with E-state index >= 15 is 0 Å². The van der Waals surface area contributed by atoms with Crippen LogP contribution in [0.15, 0.2) is 30.3 Å². The van der Waals surface area contributed by atoms with Crippen LogP contribution < -0.4 is 5.73 Å². The average Bonchev–Trinajstić information content (AvgIpc) is 2.36. The molecule has 0 amide bonds. The Morgan fingerprint density at radius 2 is 1.89 bits per heavy atom. The Labute approximate surface area is 107 Å². The van der Waals surface area contributed by atoms with Crippen LogP contribution in [0.3, 0.4) is 0 Å². The van der Waals surface area contributed by atoms with Crippen molar-refractivity contribution in [3.63, 3.8) is 0 Å². The highest BCUT2D eigenvalue weighted by molar-refractivity contribution is 5.87. The molecule has 0 aliphatic rings. The van der Waals surface area contributed by atoms with Crippen LogP contribution in [-0.4, -0.2) is 24.4 Å². The smallest absolute Gasteiger partial charge is 0.323 e. The molecule has 1 rings (SSSR count). The van der Waals surface area contributed by atoms with Gasteiger partial charge in [0.15, 0.2) is 0 Å². The monoisotopic (exact) mass is 249 g/mol. The minimum absolute atomic E-state index is 0.0978. The van der Waals surface area contributed by atoms with Crippen LogP contribution in [0.2, 0.25) is 0 Å². The number of hydrogen-bond acceptors (Lipinski definition) is 4. The molecule has 0 radical (unpaired) electrons. The zero-order chi connectivity index (χ0) is 13.5. The van der Waals surface area contributed by atoms with Gasteiger partial charge in [0, 0.05) is 5.92 Å². The minimum atomic E-state index is -0.900. The van der Waals surface area contributed by atoms with Crippen LogP contribution in [0.1, 0.15) is 19.4 Å². The van der Waals surface area contributed by atoms with E-state index in [0.717, 1.165) is 5.56 Å². The van der Waals surface area contributed by atoms with E-state index in [1.165, 1.54) is 6.92 Å². The fourth-order valence-electron chi connectivity index (χ4n) is 1.79. The molecule has 0 saturated heterocycles. The molecule has 2 atom stereocenters. The highest BCUT2D eigenvalue weighted by atomic mass is 16.5. The second-order valence-corrected chi connectivity index (χ2v) is 4.18. The molecule has 0 aliphatic heterocycles. The summed E-state index contributed by atoms with van der Waals surface area (Å²) in [5, 5.41) is 0. The summed E-state index contributed by atoms with van der Waals surface area (Å²) in [6, 6.07) is 8.60. The van der Waals surface area contributed by atoms with Crippen molar-refractivity contribution in [3.8, 4) is 0 Å². The molecule has 98 valence electrons. The molecule has 18 heavy (non-hydrogen) atoms. The minimum Gasteiger partial charge on any atom is -0.465 e. The summed E-state index contributed by atoms with van der Waals surface area (Å²) in [6.07, 6.45) is 0.455. The number of rotatable bonds is 6. The number of ether oxygens (including phenoxy) is 1. The molecule has 0 spiro atoms. The zero-order valence-electron chi connectivity index (χ0n) is 10.8. The third-order valence-corrected chi connectivity index (χ3v) is 2.81. The maximum absolute atomic E-state index is 11.6. The Balaban J connectivity index is 2.77. The third kappa shape index (κ3) is 3.96. The van der Waals surface area contributed by atoms with Crippen molar-refractivity contribution in [1.29, 1.82) is 0 Å². The summed E-state index contributed by atoms with van der Waals surface area (Å²) >= 11 is 0. The summed E-state index contributed by atoms with van der Waals surface area (Å²) in [5.41, 5.74) is 6.78. The van der Waals surface area contributed by atoms with E-state index in [2.05, 4.69) is 0 Å². The molecule has 0 aliphatic carbocycles. The second kappa shape index (κ2) is 6.91. The summed E-state index contributed by atoms with van der Waals surface area (Å²) in [4.78, 5) is 23.2. The van der Waals surface area contributed by atoms with Crippen LogP contribution in [0.5, 0.6) is 0 Å². The number of carbonyl (C=O) groups is 2. The van der Waals surface area contributed by atoms with Crippen molar-refractivity contribution in [2.75, 3.05) is 6.61 Å². The summed E-state index contributed by atoms with van der Waals surface area (Å²) < 4.78 is 4.86. The van der Waals surface area contributed by atoms with Gasteiger partial charge in [-0.25, -0.2) is 0 Å². The lowest BCUT2D eigenvalue weighted by atomic mass is 9.89.